The molecular formula is Cl2OTc. The molecular weight excluding hydrogens is 185 g/mol. The van der Waals surface area contributed by atoms with Crippen LogP contribution in [0.3, 0.4) is 0 Å². The number of halogens is 2. The summed E-state index contributed by atoms with van der Waals surface area (Å²) in [7, 11) is 0. The maximum absolute atomic E-state index is 4.26. The molecule has 0 amide bonds. The topological polar surface area (TPSA) is 9.23 Å². The summed E-state index contributed by atoms with van der Waals surface area (Å²) in [5, 5.41) is 0. The van der Waals surface area contributed by atoms with Gasteiger partial charge in [-0.3, -0.25) is 0 Å². The van der Waals surface area contributed by atoms with Crippen LogP contribution in [-0.2, 0) is 23.9 Å². The second kappa shape index (κ2) is 8.89. The van der Waals surface area contributed by atoms with Crippen molar-refractivity contribution in [2.75, 3.05) is 0 Å². The predicted molar refractivity (Wildman–Crippen MR) is 12.8 cm³/mol. The van der Waals surface area contributed by atoms with E-state index in [0.717, 1.165) is 0 Å². The summed E-state index contributed by atoms with van der Waals surface area (Å²) in [6.45, 7) is 0. The summed E-state index contributed by atoms with van der Waals surface area (Å²) in [4.78, 5) is 0. The van der Waals surface area contributed by atoms with E-state index in [1.165, 1.54) is 0 Å². The minimum absolute atomic E-state index is 0. The van der Waals surface area contributed by atoms with Gasteiger partial charge in [0.05, 0.1) is 23.7 Å². The fraction of sp³-hybridized carbons (Fsp3) is 0. The molecule has 4 heteroatoms. The third-order valence-electron chi connectivity index (χ3n) is 0. The van der Waals surface area contributed by atoms with Crippen molar-refractivity contribution in [3.8, 4) is 0 Å². The average Bonchev–Trinajstić information content (AvgIpc) is 0.918. The second-order valence-electron chi connectivity index (χ2n) is 0.0583. The maximum Gasteiger partial charge on any atom is 0.0832 e. The molecule has 0 N–H and O–H groups in total. The third kappa shape index (κ3) is 10.8. The van der Waals surface area contributed by atoms with Gasteiger partial charge in [0.25, 0.3) is 0 Å². The largest absolute Gasteiger partial charge is 0.166 e. The Bertz CT molecular complexity index is 6.00. The summed E-state index contributed by atoms with van der Waals surface area (Å²) in [5.41, 5.74) is 0. The molecule has 0 spiro atoms. The van der Waals surface area contributed by atoms with Crippen LogP contribution in [-0.4, -0.2) is 0 Å². The Morgan fingerprint density at radius 2 is 1.25 bits per heavy atom. The molecule has 0 aromatic carbocycles. The summed E-state index contributed by atoms with van der Waals surface area (Å²) in [6.07, 6.45) is 0. The smallest absolute Gasteiger partial charge is 0.0832 e. The van der Waals surface area contributed by atoms with E-state index in [-0.39, 0.29) is 20.1 Å². The molecule has 4 heavy (non-hydrogen) atoms. The molecule has 1 nitrogen and oxygen atoms in total. The first-order chi connectivity index (χ1) is 1.41. The second-order valence-corrected chi connectivity index (χ2v) is 0.525. The molecule has 0 saturated heterocycles. The van der Waals surface area contributed by atoms with Crippen LogP contribution in [0.4, 0.5) is 0 Å². The fourth-order valence-corrected chi connectivity index (χ4v) is 0. The van der Waals surface area contributed by atoms with Gasteiger partial charge in [-0.25, -0.2) is 0 Å². The van der Waals surface area contributed by atoms with Crippen LogP contribution in [0.1, 0.15) is 0 Å². The van der Waals surface area contributed by atoms with E-state index in [4.69, 9.17) is 0 Å². The van der Waals surface area contributed by atoms with E-state index in [2.05, 4.69) is 27.6 Å². The van der Waals surface area contributed by atoms with E-state index in [9.17, 15) is 0 Å². The van der Waals surface area contributed by atoms with Gasteiger partial charge in [0, 0.05) is 20.1 Å². The van der Waals surface area contributed by atoms with Crippen LogP contribution in [0, 0.1) is 0 Å². The van der Waals surface area contributed by atoms with E-state index < -0.39 is 0 Å². The van der Waals surface area contributed by atoms with Crippen LogP contribution >= 0.6 is 23.7 Å². The zero-order valence-electron chi connectivity index (χ0n) is 1.54. The maximum atomic E-state index is 4.26. The van der Waals surface area contributed by atoms with Crippen molar-refractivity contribution in [3.05, 3.63) is 0 Å². The first-order valence-corrected chi connectivity index (χ1v) is 0.926. The standard InChI is InChI=1S/Cl2O.Tc/c1-3-2;. The molecule has 0 aliphatic rings. The molecule has 0 saturated carbocycles. The first kappa shape index (κ1) is 8.95. The molecule has 0 fully saturated rings. The Morgan fingerprint density at radius 3 is 1.25 bits per heavy atom. The van der Waals surface area contributed by atoms with Crippen molar-refractivity contribution in [2.45, 2.75) is 0 Å². The van der Waals surface area contributed by atoms with Crippen molar-refractivity contribution in [3.63, 3.8) is 0 Å². The van der Waals surface area contributed by atoms with E-state index in [1.807, 2.05) is 0 Å². The molecule has 0 heterocycles. The van der Waals surface area contributed by atoms with Crippen molar-refractivity contribution in [1.29, 1.82) is 0 Å². The Morgan fingerprint density at radius 1 is 1.25 bits per heavy atom. The average molecular weight is 185 g/mol. The molecule has 0 aromatic heterocycles. The van der Waals surface area contributed by atoms with Crippen LogP contribution < -0.4 is 0 Å². The SMILES string of the molecule is ClOCl.[Tc]. The normalized spacial score (nSPS) is 4.50. The Labute approximate surface area is 47.9 Å². The number of rotatable bonds is 0. The summed E-state index contributed by atoms with van der Waals surface area (Å²) in [5.74, 6) is 0. The van der Waals surface area contributed by atoms with E-state index in [1.54, 1.807) is 0 Å². The quantitative estimate of drug-likeness (QED) is 0.552. The van der Waals surface area contributed by atoms with Gasteiger partial charge >= 0.3 is 0 Å². The first-order valence-electron chi connectivity index (χ1n) is 0.309. The Balaban J connectivity index is 0. The van der Waals surface area contributed by atoms with Crippen molar-refractivity contribution < 1.29 is 23.9 Å². The van der Waals surface area contributed by atoms with Crippen molar-refractivity contribution >= 4 is 23.7 Å². The van der Waals surface area contributed by atoms with Gasteiger partial charge in [0.2, 0.25) is 0 Å². The van der Waals surface area contributed by atoms with Gasteiger partial charge in [0.15, 0.2) is 0 Å². The minimum atomic E-state index is 0. The van der Waals surface area contributed by atoms with Crippen LogP contribution in [0.15, 0.2) is 0 Å². The number of hydrogen-bond acceptors (Lipinski definition) is 1. The summed E-state index contributed by atoms with van der Waals surface area (Å²) >= 11 is 8.53. The third-order valence-corrected chi connectivity index (χ3v) is 0. The fourth-order valence-electron chi connectivity index (χ4n) is 0. The number of hydrogen-bond donors (Lipinski definition) is 0. The van der Waals surface area contributed by atoms with Crippen LogP contribution in [0.25, 0.3) is 0 Å². The van der Waals surface area contributed by atoms with Crippen LogP contribution in [0.2, 0.25) is 0 Å². The zero-order chi connectivity index (χ0) is 2.71. The predicted octanol–water partition coefficient (Wildman–Crippen LogP) is 1.31. The molecule has 1 radical (unpaired) electrons. The van der Waals surface area contributed by atoms with Crippen LogP contribution in [0.5, 0.6) is 0 Å². The van der Waals surface area contributed by atoms with Crippen molar-refractivity contribution in [1.82, 2.24) is 0 Å². The van der Waals surface area contributed by atoms with E-state index >= 15 is 0 Å². The van der Waals surface area contributed by atoms with Gasteiger partial charge in [-0.2, -0.15) is 3.84 Å². The summed E-state index contributed by atoms with van der Waals surface area (Å²) < 4.78 is 3.19. The Hall–Kier alpha value is 1.19. The van der Waals surface area contributed by atoms with E-state index in [0.29, 0.717) is 0 Å². The molecule has 0 unspecified atom stereocenters. The molecule has 0 rings (SSSR count). The van der Waals surface area contributed by atoms with Gasteiger partial charge < -0.3 is 0 Å². The molecule has 0 aliphatic carbocycles. The molecule has 0 bridgehead atoms. The van der Waals surface area contributed by atoms with Gasteiger partial charge in [-0.1, -0.05) is 0 Å². The molecule has 0 aromatic rings. The van der Waals surface area contributed by atoms with Crippen molar-refractivity contribution in [2.24, 2.45) is 0 Å². The summed E-state index contributed by atoms with van der Waals surface area (Å²) in [6, 6.07) is 0. The van der Waals surface area contributed by atoms with Gasteiger partial charge in [-0.05, 0) is 0 Å². The Kier molecular flexibility index (Phi) is 19.9. The monoisotopic (exact) mass is 183 g/mol. The van der Waals surface area contributed by atoms with Gasteiger partial charge in [-0.15, -0.1) is 0 Å². The van der Waals surface area contributed by atoms with Gasteiger partial charge in [0.1, 0.15) is 0 Å². The zero-order valence-corrected chi connectivity index (χ0v) is 4.91. The molecule has 0 aliphatic heterocycles. The molecule has 27 valence electrons. The molecule has 0 atom stereocenters. The minimum Gasteiger partial charge on any atom is -0.166 e.